The van der Waals surface area contributed by atoms with Crippen molar-refractivity contribution >= 4 is 22.6 Å². The first kappa shape index (κ1) is 15.2. The molecule has 23 heavy (non-hydrogen) atoms. The van der Waals surface area contributed by atoms with Crippen LogP contribution in [0.3, 0.4) is 0 Å². The molecule has 1 aliphatic rings. The lowest BCUT2D eigenvalue weighted by atomic mass is 10.1. The lowest BCUT2D eigenvalue weighted by Gasteiger charge is -2.34. The zero-order valence-electron chi connectivity index (χ0n) is 12.4. The summed E-state index contributed by atoms with van der Waals surface area (Å²) in [5, 5.41) is 16.1. The number of carbonyl (C=O) groups is 2. The van der Waals surface area contributed by atoms with Gasteiger partial charge in [0.2, 0.25) is 0 Å². The molecule has 120 valence electrons. The number of nitrogens with one attached hydrogen (secondary N) is 1. The Morgan fingerprint density at radius 3 is 2.70 bits per heavy atom. The summed E-state index contributed by atoms with van der Waals surface area (Å²) < 4.78 is 5.30. The summed E-state index contributed by atoms with van der Waals surface area (Å²) in [5.41, 5.74) is -0.283. The van der Waals surface area contributed by atoms with Crippen LogP contribution in [0.4, 0.5) is 0 Å². The van der Waals surface area contributed by atoms with Gasteiger partial charge in [-0.15, -0.1) is 0 Å². The molecule has 3 rings (SSSR count). The van der Waals surface area contributed by atoms with Gasteiger partial charge in [0.1, 0.15) is 0 Å². The number of hydrogen-bond acceptors (Lipinski definition) is 5. The molecule has 0 spiro atoms. The van der Waals surface area contributed by atoms with E-state index in [-0.39, 0.29) is 24.3 Å². The van der Waals surface area contributed by atoms with Crippen LogP contribution in [-0.4, -0.2) is 57.4 Å². The molecule has 8 heteroatoms. The van der Waals surface area contributed by atoms with Gasteiger partial charge >= 0.3 is 5.97 Å². The molecule has 2 heterocycles. The van der Waals surface area contributed by atoms with Crippen molar-refractivity contribution in [1.29, 1.82) is 0 Å². The summed E-state index contributed by atoms with van der Waals surface area (Å²) in [4.78, 5) is 37.0. The van der Waals surface area contributed by atoms with E-state index in [9.17, 15) is 14.4 Å². The second-order valence-electron chi connectivity index (χ2n) is 5.43. The Bertz CT molecular complexity index is 831. The Hall–Kier alpha value is -2.74. The Morgan fingerprint density at radius 2 is 2.00 bits per heavy atom. The highest BCUT2D eigenvalue weighted by Crippen LogP contribution is 2.18. The number of carbonyl (C=O) groups excluding carboxylic acids is 1. The average Bonchev–Trinajstić information content (AvgIpc) is 2.54. The first-order chi connectivity index (χ1) is 11.0. The highest BCUT2D eigenvalue weighted by Gasteiger charge is 2.34. The van der Waals surface area contributed by atoms with Crippen LogP contribution in [-0.2, 0) is 9.53 Å². The topological polar surface area (TPSA) is 113 Å². The van der Waals surface area contributed by atoms with Gasteiger partial charge in [0, 0.05) is 11.9 Å². The molecule has 0 bridgehead atoms. The quantitative estimate of drug-likeness (QED) is 0.820. The van der Waals surface area contributed by atoms with E-state index in [1.54, 1.807) is 31.2 Å². The van der Waals surface area contributed by atoms with Crippen molar-refractivity contribution in [2.45, 2.75) is 19.1 Å². The minimum absolute atomic E-state index is 0.0619. The van der Waals surface area contributed by atoms with Crippen molar-refractivity contribution in [3.63, 3.8) is 0 Å². The van der Waals surface area contributed by atoms with Gasteiger partial charge in [0.25, 0.3) is 11.5 Å². The third kappa shape index (κ3) is 2.80. The van der Waals surface area contributed by atoms with Crippen LogP contribution >= 0.6 is 0 Å². The van der Waals surface area contributed by atoms with E-state index in [2.05, 4.69) is 10.2 Å². The van der Waals surface area contributed by atoms with E-state index in [1.807, 2.05) is 0 Å². The number of nitrogens with zero attached hydrogens (tertiary/aromatic N) is 2. The number of aromatic amines is 1. The second-order valence-corrected chi connectivity index (χ2v) is 5.43. The first-order valence-electron chi connectivity index (χ1n) is 7.12. The van der Waals surface area contributed by atoms with Gasteiger partial charge in [-0.25, -0.2) is 9.89 Å². The maximum atomic E-state index is 12.7. The van der Waals surface area contributed by atoms with Gasteiger partial charge in [-0.05, 0) is 13.0 Å². The fourth-order valence-corrected chi connectivity index (χ4v) is 2.68. The molecule has 0 saturated carbocycles. The van der Waals surface area contributed by atoms with Gasteiger partial charge in [0.15, 0.2) is 11.8 Å². The van der Waals surface area contributed by atoms with Crippen molar-refractivity contribution in [2.24, 2.45) is 0 Å². The minimum atomic E-state index is -1.12. The van der Waals surface area contributed by atoms with Gasteiger partial charge < -0.3 is 14.7 Å². The smallest absolute Gasteiger partial charge is 0.334 e. The normalized spacial score (nSPS) is 21.3. The number of aromatic nitrogens is 2. The molecule has 1 amide bonds. The summed E-state index contributed by atoms with van der Waals surface area (Å²) in [5.74, 6) is -1.55. The van der Waals surface area contributed by atoms with Crippen LogP contribution in [0.25, 0.3) is 10.8 Å². The number of aliphatic carboxylic acids is 1. The molecule has 1 aromatic carbocycles. The summed E-state index contributed by atoms with van der Waals surface area (Å²) in [6, 6.07) is 6.66. The average molecular weight is 317 g/mol. The van der Waals surface area contributed by atoms with Crippen molar-refractivity contribution in [3.8, 4) is 0 Å². The molecular weight excluding hydrogens is 302 g/mol. The van der Waals surface area contributed by atoms with Crippen LogP contribution in [0.2, 0.25) is 0 Å². The highest BCUT2D eigenvalue weighted by atomic mass is 16.5. The summed E-state index contributed by atoms with van der Waals surface area (Å²) in [7, 11) is 0. The number of fused-ring (bicyclic) bond motifs is 1. The van der Waals surface area contributed by atoms with Crippen LogP contribution in [0, 0.1) is 0 Å². The number of morpholine rings is 1. The van der Waals surface area contributed by atoms with E-state index in [0.29, 0.717) is 10.8 Å². The van der Waals surface area contributed by atoms with Crippen LogP contribution in [0.15, 0.2) is 29.1 Å². The van der Waals surface area contributed by atoms with E-state index >= 15 is 0 Å². The Balaban J connectivity index is 1.99. The molecule has 0 radical (unpaired) electrons. The first-order valence-corrected chi connectivity index (χ1v) is 7.12. The summed E-state index contributed by atoms with van der Waals surface area (Å²) in [6.07, 6.45) is -1.47. The summed E-state index contributed by atoms with van der Waals surface area (Å²) in [6.45, 7) is 1.90. The molecule has 1 unspecified atom stereocenters. The molecular formula is C15H15N3O5. The van der Waals surface area contributed by atoms with E-state index in [1.165, 1.54) is 4.90 Å². The van der Waals surface area contributed by atoms with Gasteiger partial charge in [0.05, 0.1) is 18.0 Å². The number of amides is 1. The standard InChI is InChI=1S/C15H15N3O5/c1-8-6-18(7-11(23-8)15(21)22)14(20)12-9-4-2-3-5-10(9)13(19)17-16-12/h2-5,8,11H,6-7H2,1H3,(H,17,19)(H,21,22)/t8-,11?/m1/s1. The number of ether oxygens (including phenoxy) is 1. The lowest BCUT2D eigenvalue weighted by molar-refractivity contribution is -0.160. The molecule has 1 aromatic heterocycles. The van der Waals surface area contributed by atoms with Gasteiger partial charge in [-0.2, -0.15) is 5.10 Å². The zero-order valence-corrected chi connectivity index (χ0v) is 12.4. The highest BCUT2D eigenvalue weighted by molar-refractivity contribution is 6.04. The molecule has 2 aromatic rings. The third-order valence-corrected chi connectivity index (χ3v) is 3.72. The number of carboxylic acid groups (broad SMARTS) is 1. The molecule has 1 fully saturated rings. The van der Waals surface area contributed by atoms with Crippen molar-refractivity contribution < 1.29 is 19.4 Å². The minimum Gasteiger partial charge on any atom is -0.479 e. The van der Waals surface area contributed by atoms with Crippen LogP contribution in [0.1, 0.15) is 17.4 Å². The van der Waals surface area contributed by atoms with Crippen molar-refractivity contribution in [2.75, 3.05) is 13.1 Å². The van der Waals surface area contributed by atoms with Gasteiger partial charge in [-0.3, -0.25) is 9.59 Å². The molecule has 2 N–H and O–H groups in total. The fourth-order valence-electron chi connectivity index (χ4n) is 2.68. The Morgan fingerprint density at radius 1 is 1.30 bits per heavy atom. The second kappa shape index (κ2) is 5.81. The number of benzene rings is 1. The SMILES string of the molecule is C[C@@H]1CN(C(=O)c2n[nH]c(=O)c3ccccc23)CC(C(=O)O)O1. The van der Waals surface area contributed by atoms with Crippen molar-refractivity contribution in [1.82, 2.24) is 15.1 Å². The van der Waals surface area contributed by atoms with E-state index in [0.717, 1.165) is 0 Å². The summed E-state index contributed by atoms with van der Waals surface area (Å²) >= 11 is 0. The van der Waals surface area contributed by atoms with E-state index < -0.39 is 24.1 Å². The van der Waals surface area contributed by atoms with E-state index in [4.69, 9.17) is 9.84 Å². The molecule has 2 atom stereocenters. The maximum absolute atomic E-state index is 12.7. The number of rotatable bonds is 2. The Kier molecular flexibility index (Phi) is 3.83. The number of H-pyrrole nitrogens is 1. The van der Waals surface area contributed by atoms with Crippen molar-refractivity contribution in [3.05, 3.63) is 40.3 Å². The molecule has 1 aliphatic heterocycles. The third-order valence-electron chi connectivity index (χ3n) is 3.72. The van der Waals surface area contributed by atoms with Crippen LogP contribution < -0.4 is 5.56 Å². The molecule has 8 nitrogen and oxygen atoms in total. The molecule has 1 saturated heterocycles. The largest absolute Gasteiger partial charge is 0.479 e. The zero-order chi connectivity index (χ0) is 16.6. The van der Waals surface area contributed by atoms with Gasteiger partial charge in [-0.1, -0.05) is 18.2 Å². The Labute approximate surface area is 130 Å². The number of hydrogen-bond donors (Lipinski definition) is 2. The fraction of sp³-hybridized carbons (Fsp3) is 0.333. The number of carboxylic acids is 1. The maximum Gasteiger partial charge on any atom is 0.334 e. The monoisotopic (exact) mass is 317 g/mol. The molecule has 0 aliphatic carbocycles. The predicted octanol–water partition coefficient (Wildman–Crippen LogP) is 0.237. The predicted molar refractivity (Wildman–Crippen MR) is 80.2 cm³/mol. The van der Waals surface area contributed by atoms with Crippen LogP contribution in [0.5, 0.6) is 0 Å². The lowest BCUT2D eigenvalue weighted by Crippen LogP contribution is -2.52.